The van der Waals surface area contributed by atoms with E-state index >= 15 is 0 Å². The lowest BCUT2D eigenvalue weighted by Crippen LogP contribution is -2.17. The average molecular weight is 260 g/mol. The van der Waals surface area contributed by atoms with Crippen molar-refractivity contribution in [2.24, 2.45) is 5.10 Å². The minimum absolute atomic E-state index is 0.0696. The number of thiophene rings is 1. The molecule has 1 heterocycles. The van der Waals surface area contributed by atoms with Crippen molar-refractivity contribution in [2.75, 3.05) is 0 Å². The standard InChI is InChI=1S/C14H16N2OS/c1-9-5-6-11(7-9)15-16-14(17)13-8-10-3-2-4-12(10)18-13/h7-8H,2-6H2,1H3,(H,16,17)/b15-11+. The van der Waals surface area contributed by atoms with E-state index < -0.39 is 0 Å². The highest BCUT2D eigenvalue weighted by Gasteiger charge is 2.18. The second-order valence-electron chi connectivity index (χ2n) is 4.95. The Morgan fingerprint density at radius 3 is 2.94 bits per heavy atom. The number of nitrogens with one attached hydrogen (secondary N) is 1. The molecule has 3 rings (SSSR count). The van der Waals surface area contributed by atoms with Crippen LogP contribution in [-0.2, 0) is 12.8 Å². The van der Waals surface area contributed by atoms with Gasteiger partial charge < -0.3 is 0 Å². The summed E-state index contributed by atoms with van der Waals surface area (Å²) in [5.74, 6) is -0.0696. The van der Waals surface area contributed by atoms with E-state index in [2.05, 4.69) is 23.5 Å². The molecule has 0 radical (unpaired) electrons. The van der Waals surface area contributed by atoms with Crippen LogP contribution in [0.15, 0.2) is 22.8 Å². The highest BCUT2D eigenvalue weighted by atomic mass is 32.1. The first-order chi connectivity index (χ1) is 8.72. The number of hydrogen-bond donors (Lipinski definition) is 1. The third kappa shape index (κ3) is 2.25. The Labute approximate surface area is 111 Å². The molecule has 1 aromatic heterocycles. The maximum Gasteiger partial charge on any atom is 0.281 e. The van der Waals surface area contributed by atoms with Crippen LogP contribution in [0.25, 0.3) is 0 Å². The number of fused-ring (bicyclic) bond motifs is 1. The van der Waals surface area contributed by atoms with Gasteiger partial charge in [-0.15, -0.1) is 11.3 Å². The first kappa shape index (κ1) is 11.7. The molecule has 0 spiro atoms. The SMILES string of the molecule is CC1=C/C(=N/NC(=O)c2cc3c(s2)CCC3)CC1. The summed E-state index contributed by atoms with van der Waals surface area (Å²) in [6.45, 7) is 2.09. The second-order valence-corrected chi connectivity index (χ2v) is 6.08. The number of allylic oxidation sites excluding steroid dienone is 2. The molecule has 1 aromatic rings. The largest absolute Gasteiger partial charge is 0.281 e. The summed E-state index contributed by atoms with van der Waals surface area (Å²) in [7, 11) is 0. The molecule has 4 heteroatoms. The Bertz CT molecular complexity index is 533. The zero-order valence-electron chi connectivity index (χ0n) is 10.5. The van der Waals surface area contributed by atoms with Crippen molar-refractivity contribution in [3.63, 3.8) is 0 Å². The van der Waals surface area contributed by atoms with E-state index in [1.165, 1.54) is 22.4 Å². The summed E-state index contributed by atoms with van der Waals surface area (Å²) in [5, 5.41) is 4.18. The minimum atomic E-state index is -0.0696. The van der Waals surface area contributed by atoms with Gasteiger partial charge in [-0.25, -0.2) is 5.43 Å². The number of hydrazone groups is 1. The fourth-order valence-electron chi connectivity index (χ4n) is 2.46. The van der Waals surface area contributed by atoms with Gasteiger partial charge in [-0.3, -0.25) is 4.79 Å². The van der Waals surface area contributed by atoms with Gasteiger partial charge in [0.25, 0.3) is 5.91 Å². The third-order valence-corrected chi connectivity index (χ3v) is 4.70. The van der Waals surface area contributed by atoms with Crippen molar-refractivity contribution in [3.05, 3.63) is 33.0 Å². The smallest absolute Gasteiger partial charge is 0.266 e. The monoisotopic (exact) mass is 260 g/mol. The molecule has 1 N–H and O–H groups in total. The van der Waals surface area contributed by atoms with Crippen LogP contribution < -0.4 is 5.43 Å². The summed E-state index contributed by atoms with van der Waals surface area (Å²) in [4.78, 5) is 14.1. The second kappa shape index (κ2) is 4.69. The van der Waals surface area contributed by atoms with Gasteiger partial charge in [-0.1, -0.05) is 5.57 Å². The van der Waals surface area contributed by atoms with Crippen LogP contribution in [0.1, 0.15) is 46.3 Å². The van der Waals surface area contributed by atoms with Crippen molar-refractivity contribution in [3.8, 4) is 0 Å². The molecule has 0 unspecified atom stereocenters. The van der Waals surface area contributed by atoms with Crippen LogP contribution in [0, 0.1) is 0 Å². The van der Waals surface area contributed by atoms with Crippen molar-refractivity contribution < 1.29 is 4.79 Å². The van der Waals surface area contributed by atoms with Crippen LogP contribution in [0.3, 0.4) is 0 Å². The molecule has 0 saturated carbocycles. The summed E-state index contributed by atoms with van der Waals surface area (Å²) >= 11 is 1.62. The highest BCUT2D eigenvalue weighted by molar-refractivity contribution is 7.14. The number of carbonyl (C=O) groups is 1. The van der Waals surface area contributed by atoms with E-state index in [0.717, 1.165) is 36.3 Å². The van der Waals surface area contributed by atoms with Gasteiger partial charge in [0, 0.05) is 4.88 Å². The number of rotatable bonds is 2. The zero-order valence-corrected chi connectivity index (χ0v) is 11.3. The predicted octanol–water partition coefficient (Wildman–Crippen LogP) is 3.06. The molecule has 2 aliphatic rings. The fourth-order valence-corrected chi connectivity index (χ4v) is 3.60. The quantitative estimate of drug-likeness (QED) is 0.816. The average Bonchev–Trinajstić information content (AvgIpc) is 3.00. The summed E-state index contributed by atoms with van der Waals surface area (Å²) < 4.78 is 0. The lowest BCUT2D eigenvalue weighted by Gasteiger charge is -1.97. The Hall–Kier alpha value is -1.42. The van der Waals surface area contributed by atoms with E-state index in [0.29, 0.717) is 0 Å². The van der Waals surface area contributed by atoms with Crippen LogP contribution in [0.5, 0.6) is 0 Å². The molecule has 94 valence electrons. The Balaban J connectivity index is 1.68. The van der Waals surface area contributed by atoms with E-state index in [1.54, 1.807) is 11.3 Å². The highest BCUT2D eigenvalue weighted by Crippen LogP contribution is 2.30. The van der Waals surface area contributed by atoms with Gasteiger partial charge in [0.15, 0.2) is 0 Å². The van der Waals surface area contributed by atoms with Gasteiger partial charge >= 0.3 is 0 Å². The normalized spacial score (nSPS) is 20.1. The van der Waals surface area contributed by atoms with E-state index in [1.807, 2.05) is 6.07 Å². The van der Waals surface area contributed by atoms with Crippen LogP contribution in [0.4, 0.5) is 0 Å². The maximum absolute atomic E-state index is 12.0. The zero-order chi connectivity index (χ0) is 12.5. The van der Waals surface area contributed by atoms with Gasteiger partial charge in [-0.05, 0) is 56.7 Å². The van der Waals surface area contributed by atoms with Gasteiger partial charge in [0.2, 0.25) is 0 Å². The van der Waals surface area contributed by atoms with Gasteiger partial charge in [0.1, 0.15) is 0 Å². The first-order valence-corrected chi connectivity index (χ1v) is 7.19. The van der Waals surface area contributed by atoms with Gasteiger partial charge in [0.05, 0.1) is 10.6 Å². The third-order valence-electron chi connectivity index (χ3n) is 3.46. The molecule has 0 aromatic carbocycles. The van der Waals surface area contributed by atoms with Gasteiger partial charge in [-0.2, -0.15) is 5.10 Å². The lowest BCUT2D eigenvalue weighted by molar-refractivity contribution is 0.0959. The van der Waals surface area contributed by atoms with Crippen molar-refractivity contribution in [1.82, 2.24) is 5.43 Å². The molecule has 1 amide bonds. The molecular weight excluding hydrogens is 244 g/mol. The molecular formula is C14H16N2OS. The first-order valence-electron chi connectivity index (χ1n) is 6.38. The molecule has 0 bridgehead atoms. The van der Waals surface area contributed by atoms with Crippen LogP contribution in [0.2, 0.25) is 0 Å². The lowest BCUT2D eigenvalue weighted by atomic mass is 10.2. The van der Waals surface area contributed by atoms with E-state index in [-0.39, 0.29) is 5.91 Å². The van der Waals surface area contributed by atoms with Crippen LogP contribution in [-0.4, -0.2) is 11.6 Å². The van der Waals surface area contributed by atoms with Crippen molar-refractivity contribution in [2.45, 2.75) is 39.0 Å². The Kier molecular flexibility index (Phi) is 3.04. The summed E-state index contributed by atoms with van der Waals surface area (Å²) in [6, 6.07) is 2.03. The molecule has 18 heavy (non-hydrogen) atoms. The Morgan fingerprint density at radius 2 is 2.22 bits per heavy atom. The predicted molar refractivity (Wildman–Crippen MR) is 74.2 cm³/mol. The Morgan fingerprint density at radius 1 is 1.33 bits per heavy atom. The summed E-state index contributed by atoms with van der Waals surface area (Å²) in [6.07, 6.45) is 7.53. The van der Waals surface area contributed by atoms with Crippen molar-refractivity contribution >= 4 is 23.0 Å². The molecule has 0 saturated heterocycles. The number of amides is 1. The molecule has 3 nitrogen and oxygen atoms in total. The number of hydrogen-bond acceptors (Lipinski definition) is 3. The van der Waals surface area contributed by atoms with E-state index in [9.17, 15) is 4.79 Å². The number of aryl methyl sites for hydroxylation is 2. The topological polar surface area (TPSA) is 41.5 Å². The van der Waals surface area contributed by atoms with E-state index in [4.69, 9.17) is 0 Å². The fraction of sp³-hybridized carbons (Fsp3) is 0.429. The molecule has 0 aliphatic heterocycles. The number of nitrogens with zero attached hydrogens (tertiary/aromatic N) is 1. The maximum atomic E-state index is 12.0. The molecule has 2 aliphatic carbocycles. The molecule has 0 fully saturated rings. The number of carbonyl (C=O) groups excluding carboxylic acids is 1. The minimum Gasteiger partial charge on any atom is -0.266 e. The summed E-state index contributed by atoms with van der Waals surface area (Å²) in [5.41, 5.74) is 6.33. The van der Waals surface area contributed by atoms with Crippen molar-refractivity contribution in [1.29, 1.82) is 0 Å². The molecule has 0 atom stereocenters. The van der Waals surface area contributed by atoms with Crippen LogP contribution >= 0.6 is 11.3 Å².